The van der Waals surface area contributed by atoms with Gasteiger partial charge < -0.3 is 10.3 Å². The van der Waals surface area contributed by atoms with Crippen molar-refractivity contribution in [1.82, 2.24) is 9.66 Å². The lowest BCUT2D eigenvalue weighted by Crippen LogP contribution is -2.43. The van der Waals surface area contributed by atoms with E-state index in [0.717, 1.165) is 6.07 Å². The van der Waals surface area contributed by atoms with E-state index in [1.165, 1.54) is 6.92 Å². The van der Waals surface area contributed by atoms with E-state index in [9.17, 15) is 36.0 Å². The second-order valence-electron chi connectivity index (χ2n) is 5.28. The molecule has 0 unspecified atom stereocenters. The zero-order chi connectivity index (χ0) is 19.9. The maximum absolute atomic E-state index is 13.2. The van der Waals surface area contributed by atoms with Crippen LogP contribution in [0.2, 0.25) is 0 Å². The lowest BCUT2D eigenvalue weighted by atomic mass is 10.1. The minimum Gasteiger partial charge on any atom is -0.325 e. The minimum atomic E-state index is -4.87. The molecule has 3 N–H and O–H groups in total. The summed E-state index contributed by atoms with van der Waals surface area (Å²) in [5.74, 6) is -0.728. The van der Waals surface area contributed by atoms with Crippen LogP contribution in [0.1, 0.15) is 18.9 Å². The van der Waals surface area contributed by atoms with Gasteiger partial charge in [-0.05, 0) is 12.1 Å². The van der Waals surface area contributed by atoms with Crippen molar-refractivity contribution in [2.24, 2.45) is 0 Å². The SMILES string of the molecule is CCC(=O)Nc1cc2c(=O)n(NS(C)(=O)=O)c(=O)[nH]c2cc1C(F)(F)F. The summed E-state index contributed by atoms with van der Waals surface area (Å²) in [4.78, 5) is 39.3. The summed E-state index contributed by atoms with van der Waals surface area (Å²) in [5, 5.41) is 1.60. The van der Waals surface area contributed by atoms with E-state index >= 15 is 0 Å². The Kier molecular flexibility index (Phi) is 4.86. The van der Waals surface area contributed by atoms with Gasteiger partial charge >= 0.3 is 11.9 Å². The van der Waals surface area contributed by atoms with Crippen molar-refractivity contribution in [3.8, 4) is 0 Å². The monoisotopic (exact) mass is 394 g/mol. The summed E-state index contributed by atoms with van der Waals surface area (Å²) < 4.78 is 62.3. The lowest BCUT2D eigenvalue weighted by Gasteiger charge is -2.15. The Morgan fingerprint density at radius 3 is 2.38 bits per heavy atom. The molecule has 0 fully saturated rings. The first-order chi connectivity index (χ1) is 11.8. The first-order valence-corrected chi connectivity index (χ1v) is 8.90. The first kappa shape index (κ1) is 19.5. The number of carbonyl (C=O) groups excluding carboxylic acids is 1. The van der Waals surface area contributed by atoms with Gasteiger partial charge in [-0.2, -0.15) is 17.8 Å². The maximum atomic E-state index is 13.2. The van der Waals surface area contributed by atoms with E-state index in [4.69, 9.17) is 0 Å². The molecule has 0 spiro atoms. The van der Waals surface area contributed by atoms with Crippen LogP contribution >= 0.6 is 0 Å². The highest BCUT2D eigenvalue weighted by Gasteiger charge is 2.35. The van der Waals surface area contributed by atoms with Crippen molar-refractivity contribution >= 4 is 32.5 Å². The molecule has 13 heteroatoms. The Morgan fingerprint density at radius 2 is 1.88 bits per heavy atom. The van der Waals surface area contributed by atoms with Gasteiger partial charge in [0, 0.05) is 6.42 Å². The van der Waals surface area contributed by atoms with Gasteiger partial charge in [0.2, 0.25) is 15.9 Å². The summed E-state index contributed by atoms with van der Waals surface area (Å²) in [6.45, 7) is 1.42. The molecule has 1 amide bonds. The lowest BCUT2D eigenvalue weighted by molar-refractivity contribution is -0.136. The molecule has 1 heterocycles. The van der Waals surface area contributed by atoms with Gasteiger partial charge in [-0.25, -0.2) is 18.0 Å². The molecule has 0 saturated carbocycles. The van der Waals surface area contributed by atoms with Crippen molar-refractivity contribution in [1.29, 1.82) is 0 Å². The number of H-pyrrole nitrogens is 1. The number of hydrogen-bond donors (Lipinski definition) is 3. The third kappa shape index (κ3) is 4.04. The van der Waals surface area contributed by atoms with Crippen molar-refractivity contribution in [2.75, 3.05) is 16.4 Å². The van der Waals surface area contributed by atoms with E-state index in [0.29, 0.717) is 12.3 Å². The van der Waals surface area contributed by atoms with Crippen LogP contribution in [0.15, 0.2) is 21.7 Å². The van der Waals surface area contributed by atoms with E-state index in [-0.39, 0.29) is 11.1 Å². The maximum Gasteiger partial charge on any atom is 0.418 e. The van der Waals surface area contributed by atoms with Crippen LogP contribution in [0.3, 0.4) is 0 Å². The highest BCUT2D eigenvalue weighted by atomic mass is 32.2. The number of alkyl halides is 3. The molecule has 0 radical (unpaired) electrons. The van der Waals surface area contributed by atoms with Crippen LogP contribution in [-0.2, 0) is 21.0 Å². The Morgan fingerprint density at radius 1 is 1.27 bits per heavy atom. The van der Waals surface area contributed by atoms with Crippen LogP contribution in [0, 0.1) is 0 Å². The Labute approximate surface area is 143 Å². The van der Waals surface area contributed by atoms with Gasteiger partial charge in [-0.1, -0.05) is 6.92 Å². The van der Waals surface area contributed by atoms with Gasteiger partial charge in [0.05, 0.1) is 28.4 Å². The van der Waals surface area contributed by atoms with Gasteiger partial charge in [0.25, 0.3) is 5.56 Å². The fourth-order valence-corrected chi connectivity index (χ4v) is 2.59. The summed E-state index contributed by atoms with van der Waals surface area (Å²) in [5.41, 5.74) is -4.89. The normalized spacial score (nSPS) is 12.2. The zero-order valence-electron chi connectivity index (χ0n) is 13.4. The number of aromatic amines is 1. The molecule has 1 aromatic heterocycles. The number of aromatic nitrogens is 2. The quantitative estimate of drug-likeness (QED) is 0.698. The second kappa shape index (κ2) is 6.48. The van der Waals surface area contributed by atoms with Crippen molar-refractivity contribution in [2.45, 2.75) is 19.5 Å². The van der Waals surface area contributed by atoms with Crippen LogP contribution < -0.4 is 21.4 Å². The fraction of sp³-hybridized carbons (Fsp3) is 0.308. The number of anilines is 1. The summed E-state index contributed by atoms with van der Waals surface area (Å²) in [7, 11) is -4.01. The largest absolute Gasteiger partial charge is 0.418 e. The number of rotatable bonds is 4. The predicted molar refractivity (Wildman–Crippen MR) is 87.0 cm³/mol. The molecule has 0 saturated heterocycles. The Hall–Kier alpha value is -2.83. The smallest absolute Gasteiger partial charge is 0.325 e. The zero-order valence-corrected chi connectivity index (χ0v) is 14.2. The topological polar surface area (TPSA) is 130 Å². The molecular formula is C13H13F3N4O5S. The standard InChI is InChI=1S/C13H13F3N4O5S/c1-3-10(21)17-9-4-6-8(5-7(9)13(14,15)16)18-12(23)20(11(6)22)19-26(2,24)25/h4-5,19H,3H2,1-2H3,(H,17,21)(H,18,23). The number of halogens is 3. The average molecular weight is 394 g/mol. The third-order valence-corrected chi connectivity index (χ3v) is 3.71. The molecule has 2 aromatic rings. The Bertz CT molecular complexity index is 1100. The van der Waals surface area contributed by atoms with E-state index in [1.807, 2.05) is 10.3 Å². The summed E-state index contributed by atoms with van der Waals surface area (Å²) >= 11 is 0. The predicted octanol–water partition coefficient (Wildman–Crippen LogP) is 0.560. The molecular weight excluding hydrogens is 381 g/mol. The molecule has 2 rings (SSSR count). The van der Waals surface area contributed by atoms with Gasteiger partial charge in [0.1, 0.15) is 0 Å². The number of hydrogen-bond acceptors (Lipinski definition) is 5. The molecule has 0 bridgehead atoms. The van der Waals surface area contributed by atoms with Crippen molar-refractivity contribution < 1.29 is 26.4 Å². The molecule has 0 atom stereocenters. The number of sulfonamides is 1. The number of fused-ring (bicyclic) bond motifs is 1. The van der Waals surface area contributed by atoms with E-state index in [1.54, 1.807) is 4.83 Å². The van der Waals surface area contributed by atoms with Gasteiger partial charge in [-0.15, -0.1) is 0 Å². The minimum absolute atomic E-state index is 0.107. The van der Waals surface area contributed by atoms with Crippen LogP contribution in [-0.4, -0.2) is 30.2 Å². The highest BCUT2D eigenvalue weighted by Crippen LogP contribution is 2.36. The summed E-state index contributed by atoms with van der Waals surface area (Å²) in [6.07, 6.45) is -4.30. The van der Waals surface area contributed by atoms with Crippen molar-refractivity contribution in [3.63, 3.8) is 0 Å². The molecule has 26 heavy (non-hydrogen) atoms. The number of amides is 1. The molecule has 142 valence electrons. The third-order valence-electron chi connectivity index (χ3n) is 3.19. The van der Waals surface area contributed by atoms with Crippen LogP contribution in [0.5, 0.6) is 0 Å². The molecule has 0 aliphatic carbocycles. The summed E-state index contributed by atoms with van der Waals surface area (Å²) in [6, 6.07) is 1.22. The number of carbonyl (C=O) groups is 1. The van der Waals surface area contributed by atoms with Crippen LogP contribution in [0.25, 0.3) is 10.9 Å². The molecule has 0 aliphatic heterocycles. The number of benzene rings is 1. The van der Waals surface area contributed by atoms with E-state index < -0.39 is 55.5 Å². The van der Waals surface area contributed by atoms with Gasteiger partial charge in [-0.3, -0.25) is 9.59 Å². The average Bonchev–Trinajstić information content (AvgIpc) is 2.49. The first-order valence-electron chi connectivity index (χ1n) is 7.01. The van der Waals surface area contributed by atoms with Crippen molar-refractivity contribution in [3.05, 3.63) is 38.5 Å². The Balaban J connectivity index is 2.84. The van der Waals surface area contributed by atoms with E-state index in [2.05, 4.69) is 0 Å². The van der Waals surface area contributed by atoms with Crippen LogP contribution in [0.4, 0.5) is 18.9 Å². The second-order valence-corrected chi connectivity index (χ2v) is 7.00. The highest BCUT2D eigenvalue weighted by molar-refractivity contribution is 7.91. The molecule has 0 aliphatic rings. The molecule has 1 aromatic carbocycles. The molecule has 9 nitrogen and oxygen atoms in total. The fourth-order valence-electron chi connectivity index (χ4n) is 2.09. The van der Waals surface area contributed by atoms with Gasteiger partial charge in [0.15, 0.2) is 0 Å². The number of nitrogens with zero attached hydrogens (tertiary/aromatic N) is 1. The number of nitrogens with one attached hydrogen (secondary N) is 3.